The van der Waals surface area contributed by atoms with Gasteiger partial charge in [-0.15, -0.1) is 0 Å². The van der Waals surface area contributed by atoms with Crippen molar-refractivity contribution in [3.05, 3.63) is 76.9 Å². The average Bonchev–Trinajstić information content (AvgIpc) is 3.30. The van der Waals surface area contributed by atoms with Gasteiger partial charge in [0, 0.05) is 6.54 Å². The summed E-state index contributed by atoms with van der Waals surface area (Å²) < 4.78 is 2.20. The second-order valence-corrected chi connectivity index (χ2v) is 7.20. The molecule has 0 N–H and O–H groups in total. The minimum absolute atomic E-state index is 0.254. The summed E-state index contributed by atoms with van der Waals surface area (Å²) in [6.45, 7) is 5.26. The van der Waals surface area contributed by atoms with Gasteiger partial charge in [0.05, 0.1) is 22.6 Å². The highest BCUT2D eigenvalue weighted by molar-refractivity contribution is 5.87. The lowest BCUT2D eigenvalue weighted by Gasteiger charge is -2.29. The van der Waals surface area contributed by atoms with Gasteiger partial charge in [-0.3, -0.25) is 4.40 Å². The third kappa shape index (κ3) is 2.18. The molecule has 0 radical (unpaired) electrons. The second-order valence-electron chi connectivity index (χ2n) is 7.20. The van der Waals surface area contributed by atoms with E-state index in [1.54, 1.807) is 0 Å². The van der Waals surface area contributed by atoms with Crippen molar-refractivity contribution >= 4 is 22.5 Å². The van der Waals surface area contributed by atoms with Crippen LogP contribution in [-0.4, -0.2) is 15.9 Å². The number of imidazole rings is 1. The third-order valence-corrected chi connectivity index (χ3v) is 5.83. The van der Waals surface area contributed by atoms with E-state index >= 15 is 0 Å². The zero-order chi connectivity index (χ0) is 18.5. The van der Waals surface area contributed by atoms with Crippen LogP contribution in [0.5, 0.6) is 0 Å². The summed E-state index contributed by atoms with van der Waals surface area (Å²) in [6.07, 6.45) is 0.954. The predicted molar refractivity (Wildman–Crippen MR) is 108 cm³/mol. The molecule has 0 amide bonds. The molecule has 0 bridgehead atoms. The van der Waals surface area contributed by atoms with E-state index in [1.165, 1.54) is 16.9 Å². The van der Waals surface area contributed by atoms with Gasteiger partial charge in [0.15, 0.2) is 5.65 Å². The normalized spacial score (nSPS) is 14.5. The van der Waals surface area contributed by atoms with Crippen molar-refractivity contribution in [2.45, 2.75) is 26.3 Å². The van der Waals surface area contributed by atoms with Crippen LogP contribution in [0.2, 0.25) is 0 Å². The van der Waals surface area contributed by atoms with Crippen LogP contribution in [-0.2, 0) is 6.42 Å². The fourth-order valence-corrected chi connectivity index (χ4v) is 4.39. The number of fused-ring (bicyclic) bond motifs is 5. The van der Waals surface area contributed by atoms with E-state index in [2.05, 4.69) is 65.6 Å². The van der Waals surface area contributed by atoms with Crippen molar-refractivity contribution in [3.8, 4) is 6.07 Å². The smallest absolute Gasteiger partial charge is 0.157 e. The Kier molecular flexibility index (Phi) is 3.45. The van der Waals surface area contributed by atoms with Crippen LogP contribution in [0.25, 0.3) is 16.7 Å². The first-order valence-electron chi connectivity index (χ1n) is 9.35. The highest BCUT2D eigenvalue weighted by Crippen LogP contribution is 2.40. The van der Waals surface area contributed by atoms with E-state index in [4.69, 9.17) is 4.98 Å². The Morgan fingerprint density at radius 2 is 1.81 bits per heavy atom. The van der Waals surface area contributed by atoms with Gasteiger partial charge in [0.25, 0.3) is 0 Å². The van der Waals surface area contributed by atoms with Crippen LogP contribution in [0, 0.1) is 18.3 Å². The zero-order valence-corrected chi connectivity index (χ0v) is 15.5. The molecule has 1 unspecified atom stereocenters. The number of anilines is 1. The molecular weight excluding hydrogens is 332 g/mol. The zero-order valence-electron chi connectivity index (χ0n) is 15.5. The van der Waals surface area contributed by atoms with E-state index in [9.17, 15) is 5.26 Å². The number of nitrogens with zero attached hydrogens (tertiary/aromatic N) is 4. The number of pyridine rings is 1. The monoisotopic (exact) mass is 352 g/mol. The predicted octanol–water partition coefficient (Wildman–Crippen LogP) is 4.79. The van der Waals surface area contributed by atoms with Crippen LogP contribution in [0.3, 0.4) is 0 Å². The number of para-hydroxylation sites is 2. The number of aromatic nitrogens is 2. The van der Waals surface area contributed by atoms with Gasteiger partial charge in [-0.25, -0.2) is 4.98 Å². The topological polar surface area (TPSA) is 44.3 Å². The van der Waals surface area contributed by atoms with Gasteiger partial charge in [-0.05, 0) is 49.1 Å². The Morgan fingerprint density at radius 1 is 1.07 bits per heavy atom. The van der Waals surface area contributed by atoms with Gasteiger partial charge < -0.3 is 4.90 Å². The molecule has 4 nitrogen and oxygen atoms in total. The molecule has 3 heterocycles. The molecule has 0 saturated heterocycles. The highest BCUT2D eigenvalue weighted by Gasteiger charge is 2.31. The molecule has 1 aliphatic rings. The molecule has 0 saturated carbocycles. The van der Waals surface area contributed by atoms with E-state index in [-0.39, 0.29) is 6.04 Å². The maximum absolute atomic E-state index is 9.81. The molecule has 2 aromatic heterocycles. The summed E-state index contributed by atoms with van der Waals surface area (Å²) in [5, 5.41) is 9.81. The summed E-state index contributed by atoms with van der Waals surface area (Å²) in [4.78, 5) is 7.26. The standard InChI is InChI=1S/C23H20N4/c1-15-18-12-13-26(16(2)17-8-4-3-5-9-17)23(18)27-21-11-7-6-10-20(21)25-22(27)19(15)14-24/h3-11,16H,12-13H2,1-2H3. The summed E-state index contributed by atoms with van der Waals surface area (Å²) in [5.74, 6) is 1.19. The van der Waals surface area contributed by atoms with Crippen molar-refractivity contribution in [3.63, 3.8) is 0 Å². The summed E-state index contributed by atoms with van der Waals surface area (Å²) in [5.41, 5.74) is 7.09. The van der Waals surface area contributed by atoms with Crippen LogP contribution < -0.4 is 4.90 Å². The molecular formula is C23H20N4. The lowest BCUT2D eigenvalue weighted by Crippen LogP contribution is -2.26. The van der Waals surface area contributed by atoms with Gasteiger partial charge in [0.1, 0.15) is 11.9 Å². The Bertz CT molecular complexity index is 1210. The van der Waals surface area contributed by atoms with Crippen molar-refractivity contribution in [2.24, 2.45) is 0 Å². The highest BCUT2D eigenvalue weighted by atomic mass is 15.3. The van der Waals surface area contributed by atoms with Crippen molar-refractivity contribution in [1.29, 1.82) is 5.26 Å². The number of hydrogen-bond donors (Lipinski definition) is 0. The van der Waals surface area contributed by atoms with E-state index in [0.29, 0.717) is 5.56 Å². The number of rotatable bonds is 2. The molecule has 0 aliphatic carbocycles. The van der Waals surface area contributed by atoms with Crippen molar-refractivity contribution < 1.29 is 0 Å². The lowest BCUT2D eigenvalue weighted by molar-refractivity contribution is 0.687. The molecule has 1 aliphatic heterocycles. The molecule has 1 atom stereocenters. The molecule has 0 fully saturated rings. The molecule has 27 heavy (non-hydrogen) atoms. The second kappa shape index (κ2) is 5.85. The first-order chi connectivity index (χ1) is 13.2. The van der Waals surface area contributed by atoms with Gasteiger partial charge in [-0.2, -0.15) is 5.26 Å². The van der Waals surface area contributed by atoms with Crippen molar-refractivity contribution in [2.75, 3.05) is 11.4 Å². The first-order valence-corrected chi connectivity index (χ1v) is 9.35. The SMILES string of the molecule is Cc1c2c(n3c(nc4ccccc43)c1C#N)N(C(C)c1ccccc1)CC2. The van der Waals surface area contributed by atoms with Crippen LogP contribution >= 0.6 is 0 Å². The van der Waals surface area contributed by atoms with E-state index in [1.807, 2.05) is 18.2 Å². The van der Waals surface area contributed by atoms with Crippen LogP contribution in [0.4, 0.5) is 5.82 Å². The molecule has 4 heteroatoms. The minimum Gasteiger partial charge on any atom is -0.350 e. The fourth-order valence-electron chi connectivity index (χ4n) is 4.39. The van der Waals surface area contributed by atoms with Crippen LogP contribution in [0.15, 0.2) is 54.6 Å². The van der Waals surface area contributed by atoms with Gasteiger partial charge >= 0.3 is 0 Å². The molecule has 4 aromatic rings. The summed E-state index contributed by atoms with van der Waals surface area (Å²) >= 11 is 0. The maximum Gasteiger partial charge on any atom is 0.157 e. The lowest BCUT2D eigenvalue weighted by atomic mass is 10.0. The fraction of sp³-hybridized carbons (Fsp3) is 0.217. The molecule has 0 spiro atoms. The summed E-state index contributed by atoms with van der Waals surface area (Å²) in [7, 11) is 0. The van der Waals surface area contributed by atoms with E-state index < -0.39 is 0 Å². The molecule has 132 valence electrons. The maximum atomic E-state index is 9.81. The Morgan fingerprint density at radius 3 is 2.59 bits per heavy atom. The third-order valence-electron chi connectivity index (χ3n) is 5.83. The van der Waals surface area contributed by atoms with Gasteiger partial charge in [-0.1, -0.05) is 42.5 Å². The Balaban J connectivity index is 1.84. The summed E-state index contributed by atoms with van der Waals surface area (Å²) in [6, 6.07) is 21.4. The van der Waals surface area contributed by atoms with Crippen LogP contribution in [0.1, 0.15) is 35.2 Å². The van der Waals surface area contributed by atoms with Gasteiger partial charge in [0.2, 0.25) is 0 Å². The number of hydrogen-bond acceptors (Lipinski definition) is 3. The largest absolute Gasteiger partial charge is 0.350 e. The molecule has 5 rings (SSSR count). The Hall–Kier alpha value is -3.32. The number of benzene rings is 2. The quantitative estimate of drug-likeness (QED) is 0.521. The number of nitriles is 1. The Labute approximate surface area is 158 Å². The first kappa shape index (κ1) is 15.9. The van der Waals surface area contributed by atoms with E-state index in [0.717, 1.165) is 35.2 Å². The average molecular weight is 352 g/mol. The molecule has 2 aromatic carbocycles. The minimum atomic E-state index is 0.254. The van der Waals surface area contributed by atoms with Crippen molar-refractivity contribution in [1.82, 2.24) is 9.38 Å².